The van der Waals surface area contributed by atoms with Crippen LogP contribution in [0.25, 0.3) is 10.8 Å². The monoisotopic (exact) mass is 267 g/mol. The number of pyridine rings is 1. The number of ether oxygens (including phenoxy) is 1. The maximum Gasteiger partial charge on any atom is 0.276 e. The molecule has 0 aliphatic carbocycles. The number of alkyl halides is 2. The number of halogens is 2. The van der Waals surface area contributed by atoms with Crippen LogP contribution in [0.2, 0.25) is 0 Å². The number of hydrogen-bond donors (Lipinski definition) is 2. The van der Waals surface area contributed by atoms with Crippen LogP contribution in [-0.4, -0.2) is 31.1 Å². The molecule has 2 rings (SSSR count). The molecule has 2 aromatic rings. The molecule has 1 aromatic heterocycles. The molecule has 1 aromatic carbocycles. The largest absolute Gasteiger partial charge is 0.497 e. The van der Waals surface area contributed by atoms with E-state index in [-0.39, 0.29) is 0 Å². The number of methoxy groups -OCH3 is 1. The van der Waals surface area contributed by atoms with Gasteiger partial charge in [-0.3, -0.25) is 0 Å². The molecule has 0 amide bonds. The molecule has 0 fully saturated rings. The molecule has 0 aliphatic rings. The van der Waals surface area contributed by atoms with Crippen molar-refractivity contribution in [2.45, 2.75) is 5.92 Å². The number of nitrogens with one attached hydrogen (secondary N) is 1. The summed E-state index contributed by atoms with van der Waals surface area (Å²) in [4.78, 5) is 4.07. The Kier molecular flexibility index (Phi) is 3.80. The zero-order chi connectivity index (χ0) is 13.9. The number of hydrogen-bond acceptors (Lipinski definition) is 4. The number of aromatic nitrogens is 1. The lowest BCUT2D eigenvalue weighted by molar-refractivity contribution is 0.0253. The van der Waals surface area contributed by atoms with Crippen molar-refractivity contribution in [2.75, 3.05) is 25.5 Å². The number of nitrogens with zero attached hydrogens (tertiary/aromatic N) is 1. The molecular formula is C13H15F2N3O. The molecule has 0 aliphatic heterocycles. The molecule has 19 heavy (non-hydrogen) atoms. The van der Waals surface area contributed by atoms with Crippen LogP contribution in [0.5, 0.6) is 5.75 Å². The zero-order valence-corrected chi connectivity index (χ0v) is 10.5. The highest BCUT2D eigenvalue weighted by molar-refractivity contribution is 5.92. The van der Waals surface area contributed by atoms with Crippen LogP contribution in [0.1, 0.15) is 0 Å². The second kappa shape index (κ2) is 5.36. The third-order valence-corrected chi connectivity index (χ3v) is 2.78. The van der Waals surface area contributed by atoms with Crippen LogP contribution in [-0.2, 0) is 0 Å². The highest BCUT2D eigenvalue weighted by Gasteiger charge is 2.26. The Morgan fingerprint density at radius 2 is 2.16 bits per heavy atom. The number of benzene rings is 1. The van der Waals surface area contributed by atoms with Crippen molar-refractivity contribution in [3.05, 3.63) is 30.5 Å². The number of fused-ring (bicyclic) bond motifs is 1. The van der Waals surface area contributed by atoms with E-state index in [2.05, 4.69) is 10.3 Å². The summed E-state index contributed by atoms with van der Waals surface area (Å²) < 4.78 is 31.4. The maximum atomic E-state index is 13.1. The van der Waals surface area contributed by atoms with Gasteiger partial charge >= 0.3 is 0 Å². The van der Waals surface area contributed by atoms with E-state index >= 15 is 0 Å². The van der Waals surface area contributed by atoms with Gasteiger partial charge in [-0.15, -0.1) is 0 Å². The smallest absolute Gasteiger partial charge is 0.276 e. The second-order valence-electron chi connectivity index (χ2n) is 4.16. The van der Waals surface area contributed by atoms with E-state index < -0.39 is 19.0 Å². The first kappa shape index (κ1) is 13.5. The average Bonchev–Trinajstić information content (AvgIpc) is 2.44. The van der Waals surface area contributed by atoms with Gasteiger partial charge in [0.25, 0.3) is 5.92 Å². The molecule has 4 nitrogen and oxygen atoms in total. The fourth-order valence-electron chi connectivity index (χ4n) is 1.71. The third-order valence-electron chi connectivity index (χ3n) is 2.78. The van der Waals surface area contributed by atoms with Gasteiger partial charge in [0.15, 0.2) is 0 Å². The molecule has 0 saturated carbocycles. The number of anilines is 1. The van der Waals surface area contributed by atoms with Crippen molar-refractivity contribution in [1.29, 1.82) is 0 Å². The van der Waals surface area contributed by atoms with E-state index in [0.717, 1.165) is 10.8 Å². The highest BCUT2D eigenvalue weighted by atomic mass is 19.3. The molecular weight excluding hydrogens is 252 g/mol. The minimum absolute atomic E-state index is 0.410. The van der Waals surface area contributed by atoms with Crippen molar-refractivity contribution in [3.8, 4) is 5.75 Å². The Morgan fingerprint density at radius 3 is 2.84 bits per heavy atom. The molecule has 1 heterocycles. The summed E-state index contributed by atoms with van der Waals surface area (Å²) in [5.74, 6) is -1.83. The van der Waals surface area contributed by atoms with Gasteiger partial charge in [-0.25, -0.2) is 13.8 Å². The number of rotatable bonds is 5. The molecule has 0 radical (unpaired) electrons. The molecule has 6 heteroatoms. The highest BCUT2D eigenvalue weighted by Crippen LogP contribution is 2.25. The van der Waals surface area contributed by atoms with Crippen molar-refractivity contribution >= 4 is 16.6 Å². The summed E-state index contributed by atoms with van der Waals surface area (Å²) in [6.45, 7) is -1.24. The molecule has 3 N–H and O–H groups in total. The Morgan fingerprint density at radius 1 is 1.37 bits per heavy atom. The zero-order valence-electron chi connectivity index (χ0n) is 10.5. The second-order valence-corrected chi connectivity index (χ2v) is 4.16. The summed E-state index contributed by atoms with van der Waals surface area (Å²) in [6, 6.07) is 7.16. The van der Waals surface area contributed by atoms with E-state index in [0.29, 0.717) is 11.6 Å². The Balaban J connectivity index is 2.29. The summed E-state index contributed by atoms with van der Waals surface area (Å²) in [7, 11) is 1.57. The van der Waals surface area contributed by atoms with Gasteiger partial charge in [-0.1, -0.05) is 0 Å². The van der Waals surface area contributed by atoms with Crippen LogP contribution in [0.4, 0.5) is 14.6 Å². The lowest BCUT2D eigenvalue weighted by Crippen LogP contribution is -2.35. The molecule has 0 spiro atoms. The quantitative estimate of drug-likeness (QED) is 0.872. The van der Waals surface area contributed by atoms with Crippen molar-refractivity contribution in [2.24, 2.45) is 5.73 Å². The summed E-state index contributed by atoms with van der Waals surface area (Å²) >= 11 is 0. The van der Waals surface area contributed by atoms with Gasteiger partial charge in [-0.05, 0) is 29.7 Å². The average molecular weight is 267 g/mol. The number of nitrogens with two attached hydrogens (primary N) is 1. The van der Waals surface area contributed by atoms with Crippen LogP contribution in [0, 0.1) is 0 Å². The molecule has 102 valence electrons. The molecule has 0 saturated heterocycles. The predicted molar refractivity (Wildman–Crippen MR) is 70.8 cm³/mol. The fourth-order valence-corrected chi connectivity index (χ4v) is 1.71. The van der Waals surface area contributed by atoms with E-state index in [9.17, 15) is 8.78 Å². The third kappa shape index (κ3) is 3.08. The van der Waals surface area contributed by atoms with Crippen LogP contribution < -0.4 is 15.8 Å². The minimum Gasteiger partial charge on any atom is -0.497 e. The van der Waals surface area contributed by atoms with Gasteiger partial charge < -0.3 is 15.8 Å². The first-order valence-electron chi connectivity index (χ1n) is 5.80. The van der Waals surface area contributed by atoms with Crippen molar-refractivity contribution in [3.63, 3.8) is 0 Å². The maximum absolute atomic E-state index is 13.1. The van der Waals surface area contributed by atoms with E-state index in [1.165, 1.54) is 0 Å². The summed E-state index contributed by atoms with van der Waals surface area (Å²) in [6.07, 6.45) is 1.56. The normalized spacial score (nSPS) is 11.6. The standard InChI is InChI=1S/C13H15F2N3O/c1-19-10-2-3-11-9(6-10)4-5-17-12(11)18-8-13(14,15)7-16/h2-6H,7-8,16H2,1H3,(H,17,18). The van der Waals surface area contributed by atoms with E-state index in [1.807, 2.05) is 6.07 Å². The van der Waals surface area contributed by atoms with E-state index in [1.54, 1.807) is 31.5 Å². The Bertz CT molecular complexity index is 575. The first-order valence-corrected chi connectivity index (χ1v) is 5.80. The molecule has 0 unspecified atom stereocenters. The minimum atomic E-state index is -2.95. The van der Waals surface area contributed by atoms with Crippen molar-refractivity contribution in [1.82, 2.24) is 4.98 Å². The predicted octanol–water partition coefficient (Wildman–Crippen LogP) is 2.25. The molecule has 0 bridgehead atoms. The Labute approximate surface area is 109 Å². The first-order chi connectivity index (χ1) is 9.05. The fraction of sp³-hybridized carbons (Fsp3) is 0.308. The lowest BCUT2D eigenvalue weighted by atomic mass is 10.1. The topological polar surface area (TPSA) is 60.2 Å². The van der Waals surface area contributed by atoms with E-state index in [4.69, 9.17) is 10.5 Å². The van der Waals surface area contributed by atoms with Gasteiger partial charge in [0.05, 0.1) is 20.2 Å². The van der Waals surface area contributed by atoms with Gasteiger partial charge in [-0.2, -0.15) is 0 Å². The van der Waals surface area contributed by atoms with Gasteiger partial charge in [0.2, 0.25) is 0 Å². The summed E-state index contributed by atoms with van der Waals surface area (Å²) in [5, 5.41) is 4.26. The van der Waals surface area contributed by atoms with Crippen LogP contribution >= 0.6 is 0 Å². The van der Waals surface area contributed by atoms with Gasteiger partial charge in [0, 0.05) is 11.6 Å². The van der Waals surface area contributed by atoms with Crippen LogP contribution in [0.3, 0.4) is 0 Å². The Hall–Kier alpha value is -1.95. The van der Waals surface area contributed by atoms with Crippen molar-refractivity contribution < 1.29 is 13.5 Å². The SMILES string of the molecule is COc1ccc2c(NCC(F)(F)CN)nccc2c1. The van der Waals surface area contributed by atoms with Crippen LogP contribution in [0.15, 0.2) is 30.5 Å². The van der Waals surface area contributed by atoms with Gasteiger partial charge in [0.1, 0.15) is 11.6 Å². The molecule has 0 atom stereocenters. The lowest BCUT2D eigenvalue weighted by Gasteiger charge is -2.16. The summed E-state index contributed by atoms with van der Waals surface area (Å²) in [5.41, 5.74) is 4.99.